The Morgan fingerprint density at radius 1 is 1.22 bits per heavy atom. The molecule has 0 heterocycles. The van der Waals surface area contributed by atoms with Crippen LogP contribution in [0.5, 0.6) is 5.75 Å². The average Bonchev–Trinajstić information content (AvgIpc) is 2.28. The van der Waals surface area contributed by atoms with Gasteiger partial charge in [0, 0.05) is 0 Å². The number of benzene rings is 1. The van der Waals surface area contributed by atoms with E-state index in [0.29, 0.717) is 0 Å². The first-order valence-corrected chi connectivity index (χ1v) is 4.95. The summed E-state index contributed by atoms with van der Waals surface area (Å²) in [7, 11) is 0. The molecule has 0 radical (unpaired) electrons. The summed E-state index contributed by atoms with van der Waals surface area (Å²) < 4.78 is 32.6. The van der Waals surface area contributed by atoms with E-state index in [4.69, 9.17) is 10.5 Å². The summed E-state index contributed by atoms with van der Waals surface area (Å²) in [6, 6.07) is 4.87. The molecule has 1 aromatic carbocycles. The summed E-state index contributed by atoms with van der Waals surface area (Å²) in [5, 5.41) is 0. The van der Waals surface area contributed by atoms with Gasteiger partial charge < -0.3 is 15.2 Å². The van der Waals surface area contributed by atoms with Crippen LogP contribution in [0.2, 0.25) is 0 Å². The number of nitrogens with two attached hydrogens (primary N) is 1. The van der Waals surface area contributed by atoms with Crippen molar-refractivity contribution in [2.75, 3.05) is 0 Å². The molecular formula is C11H11F2NO4. The van der Waals surface area contributed by atoms with E-state index in [1.165, 1.54) is 31.2 Å². The van der Waals surface area contributed by atoms with Crippen molar-refractivity contribution in [2.24, 2.45) is 5.73 Å². The molecule has 0 fully saturated rings. The molecule has 0 aliphatic rings. The SMILES string of the molecule is C[C@H](OC(=O)c1ccc(OC(F)F)cc1)C(N)=O. The van der Waals surface area contributed by atoms with E-state index < -0.39 is 24.6 Å². The summed E-state index contributed by atoms with van der Waals surface area (Å²) in [5.41, 5.74) is 5.02. The van der Waals surface area contributed by atoms with Crippen LogP contribution in [0.1, 0.15) is 17.3 Å². The van der Waals surface area contributed by atoms with E-state index in [-0.39, 0.29) is 11.3 Å². The molecule has 1 atom stereocenters. The van der Waals surface area contributed by atoms with Crippen LogP contribution in [-0.4, -0.2) is 24.6 Å². The Balaban J connectivity index is 2.67. The fourth-order valence-electron chi connectivity index (χ4n) is 1.06. The van der Waals surface area contributed by atoms with E-state index in [0.717, 1.165) is 0 Å². The van der Waals surface area contributed by atoms with Crippen molar-refractivity contribution in [3.63, 3.8) is 0 Å². The largest absolute Gasteiger partial charge is 0.449 e. The van der Waals surface area contributed by atoms with Crippen LogP contribution in [0.4, 0.5) is 8.78 Å². The van der Waals surface area contributed by atoms with Gasteiger partial charge in [-0.15, -0.1) is 0 Å². The Morgan fingerprint density at radius 3 is 2.22 bits per heavy atom. The minimum absolute atomic E-state index is 0.0792. The molecule has 1 rings (SSSR count). The number of halogens is 2. The number of carbonyl (C=O) groups excluding carboxylic acids is 2. The van der Waals surface area contributed by atoms with Crippen molar-refractivity contribution in [1.29, 1.82) is 0 Å². The quantitative estimate of drug-likeness (QED) is 0.809. The Morgan fingerprint density at radius 2 is 1.78 bits per heavy atom. The predicted octanol–water partition coefficient (Wildman–Crippen LogP) is 1.32. The Labute approximate surface area is 101 Å². The van der Waals surface area contributed by atoms with Crippen molar-refractivity contribution in [2.45, 2.75) is 19.6 Å². The third kappa shape index (κ3) is 4.00. The Bertz CT molecular complexity index is 433. The zero-order chi connectivity index (χ0) is 13.7. The minimum atomic E-state index is -2.93. The second-order valence-electron chi connectivity index (χ2n) is 3.35. The number of amides is 1. The topological polar surface area (TPSA) is 78.6 Å². The lowest BCUT2D eigenvalue weighted by molar-refractivity contribution is -0.125. The molecule has 7 heteroatoms. The van der Waals surface area contributed by atoms with Gasteiger partial charge in [0.25, 0.3) is 5.91 Å². The number of alkyl halides is 2. The highest BCUT2D eigenvalue weighted by Crippen LogP contribution is 2.15. The van der Waals surface area contributed by atoms with E-state index in [9.17, 15) is 18.4 Å². The normalized spacial score (nSPS) is 12.0. The van der Waals surface area contributed by atoms with Crippen molar-refractivity contribution in [3.8, 4) is 5.75 Å². The van der Waals surface area contributed by atoms with Gasteiger partial charge in [0.15, 0.2) is 6.10 Å². The van der Waals surface area contributed by atoms with Crippen molar-refractivity contribution >= 4 is 11.9 Å². The summed E-state index contributed by atoms with van der Waals surface area (Å²) in [5.74, 6) is -1.63. The standard InChI is InChI=1S/C11H11F2NO4/c1-6(9(14)15)17-10(16)7-2-4-8(5-3-7)18-11(12)13/h2-6,11H,1H3,(H2,14,15)/t6-/m0/s1. The summed E-state index contributed by atoms with van der Waals surface area (Å²) in [6.45, 7) is -1.60. The minimum Gasteiger partial charge on any atom is -0.449 e. The van der Waals surface area contributed by atoms with E-state index in [2.05, 4.69) is 4.74 Å². The monoisotopic (exact) mass is 259 g/mol. The van der Waals surface area contributed by atoms with E-state index >= 15 is 0 Å². The molecule has 2 N–H and O–H groups in total. The van der Waals surface area contributed by atoms with Crippen LogP contribution < -0.4 is 10.5 Å². The molecule has 0 unspecified atom stereocenters. The summed E-state index contributed by atoms with van der Waals surface area (Å²) in [6.07, 6.45) is -1.06. The predicted molar refractivity (Wildman–Crippen MR) is 57.1 cm³/mol. The van der Waals surface area contributed by atoms with Gasteiger partial charge in [-0.05, 0) is 31.2 Å². The van der Waals surface area contributed by atoms with Crippen LogP contribution in [0, 0.1) is 0 Å². The summed E-state index contributed by atoms with van der Waals surface area (Å²) in [4.78, 5) is 22.2. The smallest absolute Gasteiger partial charge is 0.387 e. The van der Waals surface area contributed by atoms with Crippen LogP contribution in [0.15, 0.2) is 24.3 Å². The second kappa shape index (κ2) is 5.95. The maximum absolute atomic E-state index is 11.9. The van der Waals surface area contributed by atoms with Gasteiger partial charge in [0.05, 0.1) is 5.56 Å². The van der Waals surface area contributed by atoms with E-state index in [1.54, 1.807) is 0 Å². The molecule has 0 bridgehead atoms. The molecule has 1 aromatic rings. The van der Waals surface area contributed by atoms with Gasteiger partial charge in [0.2, 0.25) is 0 Å². The second-order valence-corrected chi connectivity index (χ2v) is 3.35. The highest BCUT2D eigenvalue weighted by molar-refractivity contribution is 5.92. The van der Waals surface area contributed by atoms with Gasteiger partial charge in [-0.25, -0.2) is 4.79 Å². The zero-order valence-corrected chi connectivity index (χ0v) is 9.43. The Kier molecular flexibility index (Phi) is 4.59. The van der Waals surface area contributed by atoms with Crippen molar-refractivity contribution in [3.05, 3.63) is 29.8 Å². The van der Waals surface area contributed by atoms with Crippen LogP contribution >= 0.6 is 0 Å². The van der Waals surface area contributed by atoms with Crippen molar-refractivity contribution in [1.82, 2.24) is 0 Å². The molecule has 0 aliphatic carbocycles. The molecular weight excluding hydrogens is 248 g/mol. The number of primary amides is 1. The molecule has 0 saturated heterocycles. The molecule has 0 saturated carbocycles. The number of esters is 1. The van der Waals surface area contributed by atoms with Crippen LogP contribution in [0.25, 0.3) is 0 Å². The fraction of sp³-hybridized carbons (Fsp3) is 0.273. The molecule has 1 amide bonds. The summed E-state index contributed by atoms with van der Waals surface area (Å²) >= 11 is 0. The van der Waals surface area contributed by atoms with Gasteiger partial charge in [-0.1, -0.05) is 0 Å². The number of hydrogen-bond donors (Lipinski definition) is 1. The molecule has 0 aliphatic heterocycles. The molecule has 0 spiro atoms. The number of rotatable bonds is 5. The Hall–Kier alpha value is -2.18. The number of hydrogen-bond acceptors (Lipinski definition) is 4. The fourth-order valence-corrected chi connectivity index (χ4v) is 1.06. The van der Waals surface area contributed by atoms with Gasteiger partial charge in [0.1, 0.15) is 5.75 Å². The number of ether oxygens (including phenoxy) is 2. The lowest BCUT2D eigenvalue weighted by Crippen LogP contribution is -2.30. The number of carbonyl (C=O) groups is 2. The van der Waals surface area contributed by atoms with E-state index in [1.807, 2.05) is 0 Å². The maximum Gasteiger partial charge on any atom is 0.387 e. The molecule has 0 aromatic heterocycles. The molecule has 98 valence electrons. The third-order valence-electron chi connectivity index (χ3n) is 2.00. The average molecular weight is 259 g/mol. The first-order chi connectivity index (χ1) is 8.40. The first kappa shape index (κ1) is 13.9. The molecule has 18 heavy (non-hydrogen) atoms. The van der Waals surface area contributed by atoms with Crippen LogP contribution in [0.3, 0.4) is 0 Å². The van der Waals surface area contributed by atoms with Crippen molar-refractivity contribution < 1.29 is 27.8 Å². The molecule has 5 nitrogen and oxygen atoms in total. The highest BCUT2D eigenvalue weighted by Gasteiger charge is 2.16. The lowest BCUT2D eigenvalue weighted by atomic mass is 10.2. The third-order valence-corrected chi connectivity index (χ3v) is 2.00. The van der Waals surface area contributed by atoms with Crippen LogP contribution in [-0.2, 0) is 9.53 Å². The van der Waals surface area contributed by atoms with Gasteiger partial charge >= 0.3 is 12.6 Å². The first-order valence-electron chi connectivity index (χ1n) is 4.95. The lowest BCUT2D eigenvalue weighted by Gasteiger charge is -2.10. The van der Waals surface area contributed by atoms with Gasteiger partial charge in [-0.3, -0.25) is 4.79 Å². The zero-order valence-electron chi connectivity index (χ0n) is 9.43. The maximum atomic E-state index is 11.9. The van der Waals surface area contributed by atoms with Gasteiger partial charge in [-0.2, -0.15) is 8.78 Å². The highest BCUT2D eigenvalue weighted by atomic mass is 19.3.